The van der Waals surface area contributed by atoms with Crippen LogP contribution in [0.4, 0.5) is 0 Å². The van der Waals surface area contributed by atoms with Crippen molar-refractivity contribution in [3.63, 3.8) is 0 Å². The standard InChI is InChI=1S/C24H32N2O3.C4H4N2O/c1-6-20(10-7-8-16-25-2)21-11-9-12-24(26(21)3)29-17-15-19-13-14-22(27-4)23(18-19)28-5;7-3-4-5-1-2-6-4/h6-14,16,18,24-25H,15,17H2,1-5H3;1-3H,(H,5,6)/b10-7-,16-8+,20-6+;. The number of carbonyl (C=O) groups is 1. The van der Waals surface area contributed by atoms with E-state index in [9.17, 15) is 4.79 Å². The minimum atomic E-state index is -0.105. The molecule has 0 saturated heterocycles. The number of hydrogen-bond donors (Lipinski definition) is 2. The number of nitrogens with one attached hydrogen (secondary N) is 2. The molecule has 2 aromatic rings. The van der Waals surface area contributed by atoms with Crippen molar-refractivity contribution in [2.24, 2.45) is 0 Å². The molecule has 0 amide bonds. The first-order valence-corrected chi connectivity index (χ1v) is 11.6. The molecule has 1 aromatic carbocycles. The number of rotatable bonds is 11. The van der Waals surface area contributed by atoms with Gasteiger partial charge in [0, 0.05) is 32.2 Å². The maximum absolute atomic E-state index is 9.77. The van der Waals surface area contributed by atoms with E-state index in [0.717, 1.165) is 34.8 Å². The zero-order valence-corrected chi connectivity index (χ0v) is 21.6. The van der Waals surface area contributed by atoms with E-state index >= 15 is 0 Å². The van der Waals surface area contributed by atoms with Crippen molar-refractivity contribution in [1.29, 1.82) is 0 Å². The van der Waals surface area contributed by atoms with Crippen LogP contribution in [0.25, 0.3) is 0 Å². The van der Waals surface area contributed by atoms with Crippen molar-refractivity contribution in [3.8, 4) is 11.5 Å². The molecule has 1 atom stereocenters. The molecule has 0 aliphatic carbocycles. The number of methoxy groups -OCH3 is 2. The number of imidazole rings is 1. The molecule has 1 aliphatic heterocycles. The second-order valence-electron chi connectivity index (χ2n) is 7.59. The SMILES string of the molecule is C\C=C(/C=C\C=C\NC)C1=CC=CC(OCCc2ccc(OC)c(OC)c2)N1C.O=Cc1ncc[nH]1. The van der Waals surface area contributed by atoms with Crippen molar-refractivity contribution < 1.29 is 19.0 Å². The summed E-state index contributed by atoms with van der Waals surface area (Å²) in [4.78, 5) is 18.1. The molecule has 8 heteroatoms. The van der Waals surface area contributed by atoms with E-state index in [-0.39, 0.29) is 6.23 Å². The summed E-state index contributed by atoms with van der Waals surface area (Å²) in [5, 5.41) is 2.98. The lowest BCUT2D eigenvalue weighted by Gasteiger charge is -2.32. The lowest BCUT2D eigenvalue weighted by atomic mass is 10.1. The number of H-pyrrole nitrogens is 1. The first-order chi connectivity index (χ1) is 17.6. The average Bonchev–Trinajstić information content (AvgIpc) is 3.45. The Hall–Kier alpha value is -4.04. The van der Waals surface area contributed by atoms with E-state index in [4.69, 9.17) is 14.2 Å². The van der Waals surface area contributed by atoms with Gasteiger partial charge in [-0.05, 0) is 61.0 Å². The zero-order valence-electron chi connectivity index (χ0n) is 21.6. The van der Waals surface area contributed by atoms with Gasteiger partial charge in [-0.25, -0.2) is 4.98 Å². The highest BCUT2D eigenvalue weighted by Crippen LogP contribution is 2.28. The average molecular weight is 493 g/mol. The zero-order chi connectivity index (χ0) is 26.2. The topological polar surface area (TPSA) is 88.7 Å². The van der Waals surface area contributed by atoms with Crippen LogP contribution in [0.15, 0.2) is 90.6 Å². The number of hydrogen-bond acceptors (Lipinski definition) is 7. The summed E-state index contributed by atoms with van der Waals surface area (Å²) >= 11 is 0. The molecule has 0 spiro atoms. The van der Waals surface area contributed by atoms with Crippen molar-refractivity contribution in [1.82, 2.24) is 20.2 Å². The van der Waals surface area contributed by atoms with E-state index in [1.807, 2.05) is 50.5 Å². The molecule has 8 nitrogen and oxygen atoms in total. The number of allylic oxidation sites excluding steroid dienone is 6. The first-order valence-electron chi connectivity index (χ1n) is 11.6. The predicted molar refractivity (Wildman–Crippen MR) is 143 cm³/mol. The predicted octanol–water partition coefficient (Wildman–Crippen LogP) is 4.43. The fourth-order valence-electron chi connectivity index (χ4n) is 3.41. The summed E-state index contributed by atoms with van der Waals surface area (Å²) in [6, 6.07) is 5.96. The molecular weight excluding hydrogens is 456 g/mol. The van der Waals surface area contributed by atoms with Crippen molar-refractivity contribution in [3.05, 3.63) is 102 Å². The summed E-state index contributed by atoms with van der Waals surface area (Å²) in [6.45, 7) is 2.65. The Labute approximate surface area is 213 Å². The maximum Gasteiger partial charge on any atom is 0.185 e. The summed E-state index contributed by atoms with van der Waals surface area (Å²) < 4.78 is 16.8. The van der Waals surface area contributed by atoms with Gasteiger partial charge < -0.3 is 29.4 Å². The monoisotopic (exact) mass is 492 g/mol. The molecule has 1 aliphatic rings. The smallest absolute Gasteiger partial charge is 0.185 e. The Kier molecular flexibility index (Phi) is 12.4. The van der Waals surface area contributed by atoms with Gasteiger partial charge in [-0.15, -0.1) is 0 Å². The number of aldehydes is 1. The molecule has 1 aromatic heterocycles. The Morgan fingerprint density at radius 1 is 1.22 bits per heavy atom. The highest BCUT2D eigenvalue weighted by atomic mass is 16.5. The van der Waals surface area contributed by atoms with Crippen LogP contribution in [-0.2, 0) is 11.2 Å². The van der Waals surface area contributed by atoms with Gasteiger partial charge in [0.1, 0.15) is 6.23 Å². The number of nitrogens with zero attached hydrogens (tertiary/aromatic N) is 2. The first kappa shape index (κ1) is 28.2. The second kappa shape index (κ2) is 15.8. The summed E-state index contributed by atoms with van der Waals surface area (Å²) in [5.74, 6) is 1.85. The van der Waals surface area contributed by atoms with Gasteiger partial charge in [0.2, 0.25) is 0 Å². The van der Waals surface area contributed by atoms with E-state index in [1.165, 1.54) is 6.20 Å². The highest BCUT2D eigenvalue weighted by Gasteiger charge is 2.19. The van der Waals surface area contributed by atoms with Gasteiger partial charge in [0.15, 0.2) is 23.6 Å². The quantitative estimate of drug-likeness (QED) is 0.354. The molecule has 36 heavy (non-hydrogen) atoms. The molecule has 0 bridgehead atoms. The van der Waals surface area contributed by atoms with Crippen molar-refractivity contribution in [2.75, 3.05) is 34.9 Å². The lowest BCUT2D eigenvalue weighted by Crippen LogP contribution is -2.34. The molecule has 0 radical (unpaired) electrons. The van der Waals surface area contributed by atoms with E-state index in [2.05, 4.69) is 57.6 Å². The number of carbonyl (C=O) groups excluding carboxylic acids is 1. The Morgan fingerprint density at radius 3 is 2.64 bits per heavy atom. The Bertz CT molecular complexity index is 1080. The third-order valence-electron chi connectivity index (χ3n) is 5.31. The van der Waals surface area contributed by atoms with Crippen LogP contribution >= 0.6 is 0 Å². The molecular formula is C28H36N4O4. The second-order valence-corrected chi connectivity index (χ2v) is 7.59. The number of aromatic nitrogens is 2. The number of aromatic amines is 1. The lowest BCUT2D eigenvalue weighted by molar-refractivity contribution is 0.00307. The van der Waals surface area contributed by atoms with Gasteiger partial charge >= 0.3 is 0 Å². The van der Waals surface area contributed by atoms with Gasteiger partial charge in [0.05, 0.1) is 20.8 Å². The molecule has 0 fully saturated rings. The van der Waals surface area contributed by atoms with Crippen LogP contribution in [-0.4, -0.2) is 62.3 Å². The van der Waals surface area contributed by atoms with Crippen LogP contribution in [0.2, 0.25) is 0 Å². The normalized spacial score (nSPS) is 15.5. The van der Waals surface area contributed by atoms with Crippen molar-refractivity contribution in [2.45, 2.75) is 19.6 Å². The van der Waals surface area contributed by atoms with Gasteiger partial charge in [0.25, 0.3) is 0 Å². The summed E-state index contributed by atoms with van der Waals surface area (Å²) in [6.07, 6.45) is 20.8. The summed E-state index contributed by atoms with van der Waals surface area (Å²) in [5.41, 5.74) is 3.42. The number of ether oxygens (including phenoxy) is 3. The van der Waals surface area contributed by atoms with Gasteiger partial charge in [-0.2, -0.15) is 0 Å². The molecule has 2 heterocycles. The van der Waals surface area contributed by atoms with Crippen molar-refractivity contribution >= 4 is 6.29 Å². The van der Waals surface area contributed by atoms with Gasteiger partial charge in [-0.3, -0.25) is 4.79 Å². The highest BCUT2D eigenvalue weighted by molar-refractivity contribution is 5.68. The molecule has 192 valence electrons. The minimum Gasteiger partial charge on any atom is -0.493 e. The van der Waals surface area contributed by atoms with Crippen LogP contribution < -0.4 is 14.8 Å². The largest absolute Gasteiger partial charge is 0.493 e. The number of likely N-dealkylation sites (N-methyl/N-ethyl adjacent to an activating group) is 1. The van der Waals surface area contributed by atoms with E-state index in [1.54, 1.807) is 20.4 Å². The van der Waals surface area contributed by atoms with Crippen LogP contribution in [0.1, 0.15) is 23.1 Å². The Balaban J connectivity index is 0.000000558. The maximum atomic E-state index is 9.77. The van der Waals surface area contributed by atoms with E-state index < -0.39 is 0 Å². The third kappa shape index (κ3) is 8.63. The molecule has 0 saturated carbocycles. The molecule has 2 N–H and O–H groups in total. The van der Waals surface area contributed by atoms with Crippen LogP contribution in [0.5, 0.6) is 11.5 Å². The van der Waals surface area contributed by atoms with E-state index in [0.29, 0.717) is 18.7 Å². The fourth-order valence-corrected chi connectivity index (χ4v) is 3.41. The van der Waals surface area contributed by atoms with Crippen LogP contribution in [0.3, 0.4) is 0 Å². The Morgan fingerprint density at radius 2 is 2.03 bits per heavy atom. The number of benzene rings is 1. The fraction of sp³-hybridized carbons (Fsp3) is 0.286. The third-order valence-corrected chi connectivity index (χ3v) is 5.31. The van der Waals surface area contributed by atoms with Crippen LogP contribution in [0, 0.1) is 0 Å². The summed E-state index contributed by atoms with van der Waals surface area (Å²) in [7, 11) is 7.22. The van der Waals surface area contributed by atoms with Gasteiger partial charge in [-0.1, -0.05) is 30.4 Å². The molecule has 1 unspecified atom stereocenters. The minimum absolute atomic E-state index is 0.105. The molecule has 3 rings (SSSR count).